The molecule has 2 nitrogen and oxygen atoms in total. The van der Waals surface area contributed by atoms with Crippen molar-refractivity contribution in [3.05, 3.63) is 34.9 Å². The van der Waals surface area contributed by atoms with Crippen molar-refractivity contribution in [1.29, 1.82) is 0 Å². The number of aryl methyl sites for hydroxylation is 1. The molecule has 2 heteroatoms. The molecule has 0 aliphatic heterocycles. The van der Waals surface area contributed by atoms with E-state index in [4.69, 9.17) is 0 Å². The zero-order chi connectivity index (χ0) is 14.3. The Morgan fingerprint density at radius 2 is 1.95 bits per heavy atom. The minimum Gasteiger partial charge on any atom is -0.320 e. The molecular weight excluding hydrogens is 232 g/mol. The predicted molar refractivity (Wildman–Crippen MR) is 85.0 cm³/mol. The van der Waals surface area contributed by atoms with Gasteiger partial charge in [0.15, 0.2) is 0 Å². The predicted octanol–water partition coefficient (Wildman–Crippen LogP) is 3.20. The van der Waals surface area contributed by atoms with Crippen LogP contribution < -0.4 is 5.32 Å². The van der Waals surface area contributed by atoms with E-state index in [1.54, 1.807) is 0 Å². The summed E-state index contributed by atoms with van der Waals surface area (Å²) in [6, 6.07) is 6.92. The van der Waals surface area contributed by atoms with Gasteiger partial charge in [-0.25, -0.2) is 0 Å². The molecule has 0 amide bonds. The lowest BCUT2D eigenvalue weighted by Gasteiger charge is -2.18. The van der Waals surface area contributed by atoms with Gasteiger partial charge >= 0.3 is 0 Å². The zero-order valence-corrected chi connectivity index (χ0v) is 13.3. The molecule has 0 aromatic heterocycles. The lowest BCUT2D eigenvalue weighted by Crippen LogP contribution is -2.25. The quantitative estimate of drug-likeness (QED) is 0.724. The minimum atomic E-state index is 0.618. The Balaban J connectivity index is 2.50. The second-order valence-electron chi connectivity index (χ2n) is 5.85. The number of nitrogens with zero attached hydrogens (tertiary/aromatic N) is 1. The summed E-state index contributed by atoms with van der Waals surface area (Å²) in [6.07, 6.45) is 2.38. The van der Waals surface area contributed by atoms with Gasteiger partial charge in [-0.05, 0) is 69.6 Å². The summed E-state index contributed by atoms with van der Waals surface area (Å²) < 4.78 is 0. The molecule has 1 N–H and O–H groups in total. The number of nitrogens with one attached hydrogen (secondary N) is 1. The van der Waals surface area contributed by atoms with Crippen molar-refractivity contribution in [2.45, 2.75) is 39.5 Å². The molecule has 0 fully saturated rings. The Labute approximate surface area is 119 Å². The van der Waals surface area contributed by atoms with E-state index in [1.807, 2.05) is 7.05 Å². The SMILES string of the molecule is CNCCCN(C)CCc1cc(C(C)C)ccc1C. The Bertz CT molecular complexity index is 372. The van der Waals surface area contributed by atoms with E-state index < -0.39 is 0 Å². The van der Waals surface area contributed by atoms with E-state index in [9.17, 15) is 0 Å². The first-order valence-electron chi connectivity index (χ1n) is 7.47. The topological polar surface area (TPSA) is 15.3 Å². The van der Waals surface area contributed by atoms with E-state index in [0.717, 1.165) is 19.5 Å². The maximum atomic E-state index is 3.20. The van der Waals surface area contributed by atoms with E-state index in [1.165, 1.54) is 29.7 Å². The van der Waals surface area contributed by atoms with E-state index in [0.29, 0.717) is 5.92 Å². The molecule has 1 rings (SSSR count). The molecule has 1 aromatic rings. The molecule has 0 saturated heterocycles. The number of hydrogen-bond acceptors (Lipinski definition) is 2. The van der Waals surface area contributed by atoms with Gasteiger partial charge in [0.1, 0.15) is 0 Å². The molecular formula is C17H30N2. The number of rotatable bonds is 8. The van der Waals surface area contributed by atoms with Crippen LogP contribution in [0, 0.1) is 6.92 Å². The molecule has 0 radical (unpaired) electrons. The van der Waals surface area contributed by atoms with Gasteiger partial charge < -0.3 is 10.2 Å². The minimum absolute atomic E-state index is 0.618. The monoisotopic (exact) mass is 262 g/mol. The Morgan fingerprint density at radius 1 is 1.21 bits per heavy atom. The van der Waals surface area contributed by atoms with Crippen LogP contribution in [0.4, 0.5) is 0 Å². The molecule has 0 spiro atoms. The highest BCUT2D eigenvalue weighted by molar-refractivity contribution is 5.32. The smallest absolute Gasteiger partial charge is 0.00189 e. The summed E-state index contributed by atoms with van der Waals surface area (Å²) in [6.45, 7) is 10.2. The zero-order valence-electron chi connectivity index (χ0n) is 13.3. The largest absolute Gasteiger partial charge is 0.320 e. The van der Waals surface area contributed by atoms with Crippen molar-refractivity contribution >= 4 is 0 Å². The van der Waals surface area contributed by atoms with E-state index in [2.05, 4.69) is 56.2 Å². The molecule has 0 aliphatic carbocycles. The van der Waals surface area contributed by atoms with Crippen molar-refractivity contribution in [1.82, 2.24) is 10.2 Å². The summed E-state index contributed by atoms with van der Waals surface area (Å²) in [5.41, 5.74) is 4.39. The molecule has 0 bridgehead atoms. The third kappa shape index (κ3) is 5.75. The van der Waals surface area contributed by atoms with Gasteiger partial charge in [-0.2, -0.15) is 0 Å². The first-order valence-corrected chi connectivity index (χ1v) is 7.47. The summed E-state index contributed by atoms with van der Waals surface area (Å²) in [7, 11) is 4.23. The fourth-order valence-corrected chi connectivity index (χ4v) is 2.27. The lowest BCUT2D eigenvalue weighted by molar-refractivity contribution is 0.332. The molecule has 0 unspecified atom stereocenters. The second-order valence-corrected chi connectivity index (χ2v) is 5.85. The van der Waals surface area contributed by atoms with Crippen LogP contribution >= 0.6 is 0 Å². The van der Waals surface area contributed by atoms with Gasteiger partial charge in [-0.15, -0.1) is 0 Å². The third-order valence-corrected chi connectivity index (χ3v) is 3.77. The summed E-state index contributed by atoms with van der Waals surface area (Å²) in [5.74, 6) is 0.618. The van der Waals surface area contributed by atoms with Crippen LogP contribution in [0.3, 0.4) is 0 Å². The maximum absolute atomic E-state index is 3.20. The number of benzene rings is 1. The summed E-state index contributed by atoms with van der Waals surface area (Å²) in [5, 5.41) is 3.20. The van der Waals surface area contributed by atoms with Crippen molar-refractivity contribution in [2.75, 3.05) is 33.7 Å². The van der Waals surface area contributed by atoms with E-state index >= 15 is 0 Å². The number of hydrogen-bond donors (Lipinski definition) is 1. The van der Waals surface area contributed by atoms with Gasteiger partial charge in [0.2, 0.25) is 0 Å². The molecule has 0 atom stereocenters. The van der Waals surface area contributed by atoms with Crippen LogP contribution in [0.15, 0.2) is 18.2 Å². The molecule has 0 heterocycles. The standard InChI is InChI=1S/C17H30N2/c1-14(2)16-8-7-15(3)17(13-16)9-12-19(5)11-6-10-18-4/h7-8,13-14,18H,6,9-12H2,1-5H3. The Hall–Kier alpha value is -0.860. The van der Waals surface area contributed by atoms with Gasteiger partial charge in [-0.1, -0.05) is 32.0 Å². The van der Waals surface area contributed by atoms with Crippen LogP contribution in [0.5, 0.6) is 0 Å². The van der Waals surface area contributed by atoms with E-state index in [-0.39, 0.29) is 0 Å². The van der Waals surface area contributed by atoms with Gasteiger partial charge in [0, 0.05) is 6.54 Å². The third-order valence-electron chi connectivity index (χ3n) is 3.77. The van der Waals surface area contributed by atoms with Gasteiger partial charge in [-0.3, -0.25) is 0 Å². The highest BCUT2D eigenvalue weighted by Crippen LogP contribution is 2.19. The van der Waals surface area contributed by atoms with Crippen LogP contribution in [0.1, 0.15) is 42.9 Å². The first kappa shape index (κ1) is 16.2. The number of likely N-dealkylation sites (N-methyl/N-ethyl adjacent to an activating group) is 1. The normalized spacial score (nSPS) is 11.5. The molecule has 1 aromatic carbocycles. The molecule has 108 valence electrons. The average molecular weight is 262 g/mol. The Kier molecular flexibility index (Phi) is 7.11. The van der Waals surface area contributed by atoms with Gasteiger partial charge in [0.25, 0.3) is 0 Å². The van der Waals surface area contributed by atoms with Crippen molar-refractivity contribution in [3.63, 3.8) is 0 Å². The van der Waals surface area contributed by atoms with Crippen LogP contribution in [-0.4, -0.2) is 38.6 Å². The lowest BCUT2D eigenvalue weighted by atomic mass is 9.96. The fourth-order valence-electron chi connectivity index (χ4n) is 2.27. The van der Waals surface area contributed by atoms with Crippen molar-refractivity contribution in [3.8, 4) is 0 Å². The van der Waals surface area contributed by atoms with Crippen molar-refractivity contribution < 1.29 is 0 Å². The molecule has 0 aliphatic rings. The maximum Gasteiger partial charge on any atom is 0.00189 e. The van der Waals surface area contributed by atoms with Crippen LogP contribution in [0.2, 0.25) is 0 Å². The van der Waals surface area contributed by atoms with Crippen LogP contribution in [0.25, 0.3) is 0 Å². The average Bonchev–Trinajstić information content (AvgIpc) is 2.37. The fraction of sp³-hybridized carbons (Fsp3) is 0.647. The Morgan fingerprint density at radius 3 is 2.58 bits per heavy atom. The highest BCUT2D eigenvalue weighted by Gasteiger charge is 2.05. The molecule has 19 heavy (non-hydrogen) atoms. The summed E-state index contributed by atoms with van der Waals surface area (Å²) >= 11 is 0. The first-order chi connectivity index (χ1) is 9.04. The molecule has 0 saturated carbocycles. The second kappa shape index (κ2) is 8.34. The highest BCUT2D eigenvalue weighted by atomic mass is 15.1. The van der Waals surface area contributed by atoms with Gasteiger partial charge in [0.05, 0.1) is 0 Å². The van der Waals surface area contributed by atoms with Crippen molar-refractivity contribution in [2.24, 2.45) is 0 Å². The van der Waals surface area contributed by atoms with Crippen LogP contribution in [-0.2, 0) is 6.42 Å². The summed E-state index contributed by atoms with van der Waals surface area (Å²) in [4.78, 5) is 2.43.